The van der Waals surface area contributed by atoms with Crippen LogP contribution >= 0.6 is 11.3 Å². The van der Waals surface area contributed by atoms with Gasteiger partial charge in [0.15, 0.2) is 0 Å². The van der Waals surface area contributed by atoms with E-state index in [0.29, 0.717) is 4.88 Å². The quantitative estimate of drug-likeness (QED) is 0.837. The van der Waals surface area contributed by atoms with Crippen molar-refractivity contribution in [3.63, 3.8) is 0 Å². The Kier molecular flexibility index (Phi) is 4.60. The van der Waals surface area contributed by atoms with Gasteiger partial charge in [0.2, 0.25) is 0 Å². The van der Waals surface area contributed by atoms with Crippen molar-refractivity contribution in [1.29, 1.82) is 0 Å². The van der Waals surface area contributed by atoms with Crippen LogP contribution in [0.25, 0.3) is 6.08 Å². The topological polar surface area (TPSA) is 66.4 Å². The van der Waals surface area contributed by atoms with Gasteiger partial charge >= 0.3 is 5.97 Å². The van der Waals surface area contributed by atoms with Crippen molar-refractivity contribution in [2.75, 3.05) is 0 Å². The summed E-state index contributed by atoms with van der Waals surface area (Å²) in [6, 6.07) is 3.51. The molecule has 0 saturated heterocycles. The molecular formula is C15H19NO3S. The van der Waals surface area contributed by atoms with Gasteiger partial charge in [0.25, 0.3) is 5.91 Å². The molecule has 1 aromatic rings. The lowest BCUT2D eigenvalue weighted by Crippen LogP contribution is -2.46. The Morgan fingerprint density at radius 2 is 2.00 bits per heavy atom. The molecule has 20 heavy (non-hydrogen) atoms. The molecule has 0 bridgehead atoms. The zero-order valence-electron chi connectivity index (χ0n) is 11.5. The maximum Gasteiger partial charge on any atom is 0.328 e. The molecule has 2 rings (SSSR count). The fraction of sp³-hybridized carbons (Fsp3) is 0.467. The lowest BCUT2D eigenvalue weighted by molar-refractivity contribution is -0.131. The van der Waals surface area contributed by atoms with E-state index in [1.54, 1.807) is 12.1 Å². The molecule has 1 amide bonds. The Bertz CT molecular complexity index is 527. The highest BCUT2D eigenvalue weighted by Crippen LogP contribution is 2.28. The van der Waals surface area contributed by atoms with Crippen LogP contribution in [0.5, 0.6) is 0 Å². The average molecular weight is 293 g/mol. The van der Waals surface area contributed by atoms with E-state index in [-0.39, 0.29) is 11.4 Å². The van der Waals surface area contributed by atoms with Crippen molar-refractivity contribution in [3.05, 3.63) is 28.0 Å². The number of hydrogen-bond acceptors (Lipinski definition) is 3. The summed E-state index contributed by atoms with van der Waals surface area (Å²) in [7, 11) is 0. The van der Waals surface area contributed by atoms with E-state index in [4.69, 9.17) is 5.11 Å². The number of nitrogens with one attached hydrogen (secondary N) is 1. The number of rotatable bonds is 4. The Labute approximate surface area is 122 Å². The van der Waals surface area contributed by atoms with Crippen molar-refractivity contribution in [2.45, 2.75) is 44.6 Å². The Balaban J connectivity index is 2.00. The molecule has 1 aliphatic carbocycles. The molecule has 4 nitrogen and oxygen atoms in total. The predicted octanol–water partition coefficient (Wildman–Crippen LogP) is 3.30. The molecule has 0 spiro atoms. The molecule has 1 heterocycles. The van der Waals surface area contributed by atoms with Gasteiger partial charge in [-0.2, -0.15) is 0 Å². The molecule has 0 aliphatic heterocycles. The Morgan fingerprint density at radius 1 is 1.30 bits per heavy atom. The second kappa shape index (κ2) is 6.22. The minimum Gasteiger partial charge on any atom is -0.478 e. The normalized spacial score (nSPS) is 18.1. The maximum absolute atomic E-state index is 12.2. The summed E-state index contributed by atoms with van der Waals surface area (Å²) >= 11 is 1.31. The first-order valence-corrected chi connectivity index (χ1v) is 7.64. The van der Waals surface area contributed by atoms with Crippen LogP contribution in [-0.2, 0) is 4.79 Å². The number of hydrogen-bond donors (Lipinski definition) is 2. The number of carboxylic acids is 1. The van der Waals surface area contributed by atoms with E-state index >= 15 is 0 Å². The monoisotopic (exact) mass is 293 g/mol. The number of carbonyl (C=O) groups excluding carboxylic acids is 1. The second-order valence-corrected chi connectivity index (χ2v) is 6.56. The molecule has 1 saturated carbocycles. The van der Waals surface area contributed by atoms with Gasteiger partial charge in [-0.05, 0) is 38.0 Å². The van der Waals surface area contributed by atoms with Gasteiger partial charge < -0.3 is 10.4 Å². The molecule has 2 N–H and O–H groups in total. The first-order valence-electron chi connectivity index (χ1n) is 6.82. The lowest BCUT2D eigenvalue weighted by atomic mass is 9.83. The summed E-state index contributed by atoms with van der Waals surface area (Å²) < 4.78 is 0. The molecule has 0 atom stereocenters. The highest BCUT2D eigenvalue weighted by atomic mass is 32.1. The molecule has 0 aromatic carbocycles. The maximum atomic E-state index is 12.2. The van der Waals surface area contributed by atoms with E-state index in [1.165, 1.54) is 23.8 Å². The van der Waals surface area contributed by atoms with Crippen molar-refractivity contribution in [1.82, 2.24) is 5.32 Å². The fourth-order valence-electron chi connectivity index (χ4n) is 2.51. The molecule has 0 unspecified atom stereocenters. The SMILES string of the molecule is CC1(NC(=O)c2ccc(C=CC(=O)O)s2)CCCCC1. The molecule has 5 heteroatoms. The molecule has 108 valence electrons. The number of aliphatic carboxylic acids is 1. The molecule has 0 radical (unpaired) electrons. The summed E-state index contributed by atoms with van der Waals surface area (Å²) in [5.41, 5.74) is -0.101. The molecular weight excluding hydrogens is 274 g/mol. The zero-order chi connectivity index (χ0) is 14.6. The molecule has 1 aromatic heterocycles. The molecule has 1 aliphatic rings. The van der Waals surface area contributed by atoms with Crippen molar-refractivity contribution in [3.8, 4) is 0 Å². The summed E-state index contributed by atoms with van der Waals surface area (Å²) in [6.45, 7) is 2.10. The van der Waals surface area contributed by atoms with Crippen LogP contribution in [0.4, 0.5) is 0 Å². The number of amides is 1. The largest absolute Gasteiger partial charge is 0.478 e. The van der Waals surface area contributed by atoms with Gasteiger partial charge in [0, 0.05) is 16.5 Å². The third kappa shape index (κ3) is 3.93. The number of thiophene rings is 1. The van der Waals surface area contributed by atoms with E-state index in [1.807, 2.05) is 0 Å². The van der Waals surface area contributed by atoms with Gasteiger partial charge in [0.05, 0.1) is 4.88 Å². The standard InChI is InChI=1S/C15H19NO3S/c1-15(9-3-2-4-10-15)16-14(19)12-7-5-11(20-12)6-8-13(17)18/h5-8H,2-4,9-10H2,1H3,(H,16,19)(H,17,18). The Hall–Kier alpha value is -1.62. The fourth-order valence-corrected chi connectivity index (χ4v) is 3.32. The van der Waals surface area contributed by atoms with Crippen LogP contribution in [0.3, 0.4) is 0 Å². The van der Waals surface area contributed by atoms with Crippen molar-refractivity contribution >= 4 is 29.3 Å². The first-order chi connectivity index (χ1) is 9.48. The highest BCUT2D eigenvalue weighted by Gasteiger charge is 2.28. The first kappa shape index (κ1) is 14.8. The third-order valence-corrected chi connectivity index (χ3v) is 4.66. The highest BCUT2D eigenvalue weighted by molar-refractivity contribution is 7.14. The van der Waals surface area contributed by atoms with E-state index in [0.717, 1.165) is 36.6 Å². The summed E-state index contributed by atoms with van der Waals surface area (Å²) in [6.07, 6.45) is 8.20. The van der Waals surface area contributed by atoms with Crippen molar-refractivity contribution in [2.24, 2.45) is 0 Å². The summed E-state index contributed by atoms with van der Waals surface area (Å²) in [5.74, 6) is -1.05. The molecule has 1 fully saturated rings. The zero-order valence-corrected chi connectivity index (χ0v) is 12.3. The average Bonchev–Trinajstić information content (AvgIpc) is 2.85. The summed E-state index contributed by atoms with van der Waals surface area (Å²) in [4.78, 5) is 24.1. The second-order valence-electron chi connectivity index (χ2n) is 5.45. The smallest absolute Gasteiger partial charge is 0.328 e. The van der Waals surface area contributed by atoms with Gasteiger partial charge in [0.1, 0.15) is 0 Å². The van der Waals surface area contributed by atoms with E-state index in [2.05, 4.69) is 12.2 Å². The number of carboxylic acid groups (broad SMARTS) is 1. The van der Waals surface area contributed by atoms with Gasteiger partial charge in [-0.25, -0.2) is 4.79 Å². The van der Waals surface area contributed by atoms with E-state index < -0.39 is 5.97 Å². The predicted molar refractivity (Wildman–Crippen MR) is 79.9 cm³/mol. The van der Waals surface area contributed by atoms with Crippen LogP contribution in [0, 0.1) is 0 Å². The number of carbonyl (C=O) groups is 2. The van der Waals surface area contributed by atoms with Crippen LogP contribution < -0.4 is 5.32 Å². The lowest BCUT2D eigenvalue weighted by Gasteiger charge is -2.34. The van der Waals surface area contributed by atoms with E-state index in [9.17, 15) is 9.59 Å². The van der Waals surface area contributed by atoms with Gasteiger partial charge in [-0.15, -0.1) is 11.3 Å². The van der Waals surface area contributed by atoms with Crippen LogP contribution in [0.1, 0.15) is 53.6 Å². The van der Waals surface area contributed by atoms with Crippen LogP contribution in [-0.4, -0.2) is 22.5 Å². The van der Waals surface area contributed by atoms with Gasteiger partial charge in [-0.1, -0.05) is 19.3 Å². The van der Waals surface area contributed by atoms with Crippen LogP contribution in [0.2, 0.25) is 0 Å². The summed E-state index contributed by atoms with van der Waals surface area (Å²) in [5, 5.41) is 11.7. The minimum atomic E-state index is -0.987. The van der Waals surface area contributed by atoms with Gasteiger partial charge in [-0.3, -0.25) is 4.79 Å². The minimum absolute atomic E-state index is 0.0608. The van der Waals surface area contributed by atoms with Crippen molar-refractivity contribution < 1.29 is 14.7 Å². The Morgan fingerprint density at radius 3 is 2.65 bits per heavy atom. The third-order valence-electron chi connectivity index (χ3n) is 3.61. The van der Waals surface area contributed by atoms with Crippen LogP contribution in [0.15, 0.2) is 18.2 Å².